The number of hydrogen-bond donors (Lipinski definition) is 2. The standard InChI is InChI=1S/C20H25N3.C5H12O/c1-6-16-15(7-8-17(22-16)12(2)3)19-14(5)11-18-20(23-19)13(4)9-10-21-18;1-2-3-4-5-6/h7-9,11-12,21H,6,10H2,1-5H3;6H,2-5H2,1H3. The Morgan fingerprint density at radius 2 is 1.83 bits per heavy atom. The summed E-state index contributed by atoms with van der Waals surface area (Å²) >= 11 is 0. The lowest BCUT2D eigenvalue weighted by Gasteiger charge is -2.20. The molecule has 0 saturated heterocycles. The number of aliphatic hydroxyl groups is 1. The Kier molecular flexibility index (Phi) is 8.84. The van der Waals surface area contributed by atoms with E-state index in [0.29, 0.717) is 12.5 Å². The minimum absolute atomic E-state index is 0.355. The van der Waals surface area contributed by atoms with Crippen LogP contribution in [-0.2, 0) is 6.42 Å². The Balaban J connectivity index is 0.000000438. The summed E-state index contributed by atoms with van der Waals surface area (Å²) in [6, 6.07) is 6.54. The maximum atomic E-state index is 8.20. The van der Waals surface area contributed by atoms with E-state index in [4.69, 9.17) is 15.1 Å². The summed E-state index contributed by atoms with van der Waals surface area (Å²) in [5, 5.41) is 11.6. The molecule has 0 amide bonds. The first-order valence-electron chi connectivity index (χ1n) is 11.0. The van der Waals surface area contributed by atoms with Crippen LogP contribution in [0.2, 0.25) is 0 Å². The van der Waals surface area contributed by atoms with Gasteiger partial charge in [0.05, 0.1) is 17.1 Å². The molecule has 0 saturated carbocycles. The second kappa shape index (κ2) is 11.1. The van der Waals surface area contributed by atoms with Gasteiger partial charge in [0.2, 0.25) is 0 Å². The Morgan fingerprint density at radius 3 is 2.41 bits per heavy atom. The van der Waals surface area contributed by atoms with E-state index in [9.17, 15) is 0 Å². The van der Waals surface area contributed by atoms with Crippen molar-refractivity contribution < 1.29 is 5.11 Å². The number of aliphatic hydroxyl groups excluding tert-OH is 1. The number of anilines is 1. The van der Waals surface area contributed by atoms with Gasteiger partial charge in [0.1, 0.15) is 0 Å². The van der Waals surface area contributed by atoms with Gasteiger partial charge in [-0.2, -0.15) is 0 Å². The van der Waals surface area contributed by atoms with E-state index < -0.39 is 0 Å². The molecule has 0 radical (unpaired) electrons. The number of unbranched alkanes of at least 4 members (excludes halogenated alkanes) is 2. The Bertz CT molecular complexity index is 836. The van der Waals surface area contributed by atoms with Gasteiger partial charge >= 0.3 is 0 Å². The molecule has 2 aromatic rings. The van der Waals surface area contributed by atoms with E-state index >= 15 is 0 Å². The molecule has 2 aromatic heterocycles. The molecule has 158 valence electrons. The summed E-state index contributed by atoms with van der Waals surface area (Å²) in [7, 11) is 0. The molecule has 3 rings (SSSR count). The first-order chi connectivity index (χ1) is 13.9. The Morgan fingerprint density at radius 1 is 1.07 bits per heavy atom. The molecule has 4 nitrogen and oxygen atoms in total. The molecule has 0 fully saturated rings. The van der Waals surface area contributed by atoms with Crippen molar-refractivity contribution in [3.05, 3.63) is 46.9 Å². The van der Waals surface area contributed by atoms with Gasteiger partial charge in [0, 0.05) is 30.1 Å². The predicted molar refractivity (Wildman–Crippen MR) is 124 cm³/mol. The maximum absolute atomic E-state index is 8.20. The molecule has 0 aromatic carbocycles. The van der Waals surface area contributed by atoms with Gasteiger partial charge in [0.25, 0.3) is 0 Å². The molecule has 3 heterocycles. The van der Waals surface area contributed by atoms with Gasteiger partial charge in [-0.1, -0.05) is 46.6 Å². The molecule has 4 heteroatoms. The van der Waals surface area contributed by atoms with E-state index in [1.807, 2.05) is 0 Å². The highest BCUT2D eigenvalue weighted by Gasteiger charge is 2.17. The molecular weight excluding hydrogens is 358 g/mol. The van der Waals surface area contributed by atoms with Gasteiger partial charge in [-0.05, 0) is 61.9 Å². The zero-order valence-corrected chi connectivity index (χ0v) is 19.0. The van der Waals surface area contributed by atoms with Crippen molar-refractivity contribution in [1.82, 2.24) is 9.97 Å². The van der Waals surface area contributed by atoms with Crippen LogP contribution in [0.5, 0.6) is 0 Å². The predicted octanol–water partition coefficient (Wildman–Crippen LogP) is 6.14. The van der Waals surface area contributed by atoms with Crippen LogP contribution in [0.4, 0.5) is 5.69 Å². The van der Waals surface area contributed by atoms with E-state index in [1.165, 1.54) is 17.6 Å². The molecule has 1 aliphatic rings. The number of aromatic nitrogens is 2. The summed E-state index contributed by atoms with van der Waals surface area (Å²) in [4.78, 5) is 9.85. The fourth-order valence-electron chi connectivity index (χ4n) is 3.42. The Labute approximate surface area is 176 Å². The molecular formula is C25H37N3O. The van der Waals surface area contributed by atoms with Crippen LogP contribution in [0.1, 0.15) is 82.4 Å². The average molecular weight is 396 g/mol. The number of fused-ring (bicyclic) bond motifs is 1. The second-order valence-corrected chi connectivity index (χ2v) is 7.99. The van der Waals surface area contributed by atoms with Crippen LogP contribution in [0.25, 0.3) is 16.8 Å². The minimum Gasteiger partial charge on any atom is -0.396 e. The molecule has 0 bridgehead atoms. The molecule has 2 N–H and O–H groups in total. The van der Waals surface area contributed by atoms with Crippen LogP contribution in [0, 0.1) is 6.92 Å². The summed E-state index contributed by atoms with van der Waals surface area (Å²) in [5.41, 5.74) is 9.14. The van der Waals surface area contributed by atoms with Crippen LogP contribution in [0.3, 0.4) is 0 Å². The van der Waals surface area contributed by atoms with E-state index in [-0.39, 0.29) is 0 Å². The third-order valence-electron chi connectivity index (χ3n) is 5.23. The summed E-state index contributed by atoms with van der Waals surface area (Å²) in [6.07, 6.45) is 6.43. The molecule has 0 atom stereocenters. The molecule has 0 aliphatic carbocycles. The lowest BCUT2D eigenvalue weighted by atomic mass is 9.98. The van der Waals surface area contributed by atoms with Crippen LogP contribution in [-0.4, -0.2) is 28.2 Å². The zero-order chi connectivity index (χ0) is 21.4. The van der Waals surface area contributed by atoms with Crippen molar-refractivity contribution in [3.63, 3.8) is 0 Å². The largest absolute Gasteiger partial charge is 0.396 e. The van der Waals surface area contributed by atoms with E-state index in [2.05, 4.69) is 71.1 Å². The first kappa shape index (κ1) is 23.1. The van der Waals surface area contributed by atoms with E-state index in [0.717, 1.165) is 59.8 Å². The summed E-state index contributed by atoms with van der Waals surface area (Å²) in [5.74, 6) is 0.446. The number of nitrogens with one attached hydrogen (secondary N) is 1. The number of aryl methyl sites for hydroxylation is 2. The zero-order valence-electron chi connectivity index (χ0n) is 19.0. The average Bonchev–Trinajstić information content (AvgIpc) is 2.72. The normalized spacial score (nSPS) is 12.6. The monoisotopic (exact) mass is 395 g/mol. The van der Waals surface area contributed by atoms with Crippen molar-refractivity contribution in [2.24, 2.45) is 0 Å². The minimum atomic E-state index is 0.355. The lowest BCUT2D eigenvalue weighted by Crippen LogP contribution is -2.10. The fourth-order valence-corrected chi connectivity index (χ4v) is 3.42. The highest BCUT2D eigenvalue weighted by molar-refractivity contribution is 5.79. The fraction of sp³-hybridized carbons (Fsp3) is 0.520. The quantitative estimate of drug-likeness (QED) is 0.577. The van der Waals surface area contributed by atoms with Gasteiger partial charge in [-0.3, -0.25) is 4.98 Å². The number of pyridine rings is 2. The van der Waals surface area contributed by atoms with Crippen molar-refractivity contribution >= 4 is 11.3 Å². The van der Waals surface area contributed by atoms with Crippen LogP contribution in [0.15, 0.2) is 24.3 Å². The van der Waals surface area contributed by atoms with Gasteiger partial charge < -0.3 is 10.4 Å². The van der Waals surface area contributed by atoms with Crippen molar-refractivity contribution in [3.8, 4) is 11.3 Å². The Hall–Kier alpha value is -2.20. The number of rotatable bonds is 6. The molecule has 0 unspecified atom stereocenters. The van der Waals surface area contributed by atoms with Crippen molar-refractivity contribution in [2.75, 3.05) is 18.5 Å². The molecule has 1 aliphatic heterocycles. The first-order valence-corrected chi connectivity index (χ1v) is 11.0. The summed E-state index contributed by atoms with van der Waals surface area (Å²) in [6.45, 7) is 14.2. The highest BCUT2D eigenvalue weighted by atomic mass is 16.2. The van der Waals surface area contributed by atoms with Crippen molar-refractivity contribution in [1.29, 1.82) is 0 Å². The molecule has 0 spiro atoms. The SMILES string of the molecule is CCCCCO.CCc1nc(C(C)C)ccc1-c1nc2c(cc1C)NCC=C2C. The van der Waals surface area contributed by atoms with Crippen LogP contribution < -0.4 is 5.32 Å². The van der Waals surface area contributed by atoms with Gasteiger partial charge in [-0.25, -0.2) is 4.98 Å². The third-order valence-corrected chi connectivity index (χ3v) is 5.23. The maximum Gasteiger partial charge on any atom is 0.0895 e. The number of allylic oxidation sites excluding steroid dienone is 1. The van der Waals surface area contributed by atoms with Crippen LogP contribution >= 0.6 is 0 Å². The number of hydrogen-bond acceptors (Lipinski definition) is 4. The van der Waals surface area contributed by atoms with Gasteiger partial charge in [-0.15, -0.1) is 0 Å². The number of nitrogens with zero attached hydrogens (tertiary/aromatic N) is 2. The second-order valence-electron chi connectivity index (χ2n) is 7.99. The highest BCUT2D eigenvalue weighted by Crippen LogP contribution is 2.33. The van der Waals surface area contributed by atoms with Gasteiger partial charge in [0.15, 0.2) is 0 Å². The van der Waals surface area contributed by atoms with E-state index in [1.54, 1.807) is 0 Å². The lowest BCUT2D eigenvalue weighted by molar-refractivity contribution is 0.284. The topological polar surface area (TPSA) is 58.0 Å². The third kappa shape index (κ3) is 5.89. The van der Waals surface area contributed by atoms with Crippen molar-refractivity contribution in [2.45, 2.75) is 73.1 Å². The summed E-state index contributed by atoms with van der Waals surface area (Å²) < 4.78 is 0. The smallest absolute Gasteiger partial charge is 0.0895 e. The molecule has 29 heavy (non-hydrogen) atoms.